The molecule has 0 radical (unpaired) electrons. The molecule has 208 valence electrons. The van der Waals surface area contributed by atoms with Crippen LogP contribution in [0.15, 0.2) is 28.5 Å². The third-order valence-corrected chi connectivity index (χ3v) is 12.2. The lowest BCUT2D eigenvalue weighted by Crippen LogP contribution is -2.55. The minimum atomic E-state index is -3.88. The van der Waals surface area contributed by atoms with Gasteiger partial charge in [0.1, 0.15) is 10.3 Å². The molecule has 2 aromatic heterocycles. The van der Waals surface area contributed by atoms with Gasteiger partial charge in [-0.05, 0) is 75.9 Å². The van der Waals surface area contributed by atoms with Crippen LogP contribution in [0.2, 0.25) is 4.34 Å². The molecule has 3 aliphatic heterocycles. The molecule has 5 heterocycles. The average Bonchev–Trinajstić information content (AvgIpc) is 3.61. The van der Waals surface area contributed by atoms with Crippen LogP contribution in [0, 0.1) is 0 Å². The summed E-state index contributed by atoms with van der Waals surface area (Å²) in [6.45, 7) is 4.30. The van der Waals surface area contributed by atoms with Crippen LogP contribution in [-0.4, -0.2) is 86.3 Å². The molecule has 38 heavy (non-hydrogen) atoms. The Balaban J connectivity index is 1.19. The van der Waals surface area contributed by atoms with E-state index in [-0.39, 0.29) is 28.6 Å². The minimum absolute atomic E-state index is 0.00977. The van der Waals surface area contributed by atoms with E-state index >= 15 is 0 Å². The molecule has 0 aliphatic carbocycles. The van der Waals surface area contributed by atoms with Crippen LogP contribution in [-0.2, 0) is 19.6 Å². The SMILES string of the molecule is O=C1[C@@H](NS(=O)(=O)c2ccc(-c3ccc(Cl)s3)s2)CCCN1CC(=O)N1CCC[C@H]1CN1CCCCCC1. The third-order valence-electron chi connectivity index (χ3n) is 7.68. The predicted octanol–water partition coefficient (Wildman–Crippen LogP) is 4.27. The second kappa shape index (κ2) is 12.3. The van der Waals surface area contributed by atoms with Crippen molar-refractivity contribution < 1.29 is 18.0 Å². The Hall–Kier alpha value is -1.50. The number of piperidine rings is 1. The Morgan fingerprint density at radius 2 is 1.63 bits per heavy atom. The number of nitrogens with one attached hydrogen (secondary N) is 1. The second-order valence-electron chi connectivity index (χ2n) is 10.4. The van der Waals surface area contributed by atoms with Gasteiger partial charge in [0.05, 0.1) is 10.9 Å². The van der Waals surface area contributed by atoms with Crippen LogP contribution in [0.5, 0.6) is 0 Å². The Morgan fingerprint density at radius 1 is 0.921 bits per heavy atom. The molecule has 2 amide bonds. The van der Waals surface area contributed by atoms with Gasteiger partial charge < -0.3 is 14.7 Å². The van der Waals surface area contributed by atoms with Crippen molar-refractivity contribution in [3.05, 3.63) is 28.6 Å². The van der Waals surface area contributed by atoms with Crippen molar-refractivity contribution in [1.29, 1.82) is 0 Å². The maximum atomic E-state index is 13.3. The number of halogens is 1. The van der Waals surface area contributed by atoms with E-state index in [4.69, 9.17) is 11.6 Å². The van der Waals surface area contributed by atoms with E-state index in [0.29, 0.717) is 23.7 Å². The quantitative estimate of drug-likeness (QED) is 0.490. The smallest absolute Gasteiger partial charge is 0.250 e. The number of carbonyl (C=O) groups is 2. The molecule has 3 saturated heterocycles. The van der Waals surface area contributed by atoms with Crippen molar-refractivity contribution in [3.63, 3.8) is 0 Å². The maximum absolute atomic E-state index is 13.3. The van der Waals surface area contributed by atoms with Crippen molar-refractivity contribution in [1.82, 2.24) is 19.4 Å². The van der Waals surface area contributed by atoms with Crippen molar-refractivity contribution >= 4 is 56.1 Å². The van der Waals surface area contributed by atoms with Gasteiger partial charge in [0, 0.05) is 35.4 Å². The number of nitrogens with zero attached hydrogens (tertiary/aromatic N) is 3. The summed E-state index contributed by atoms with van der Waals surface area (Å²) in [5.74, 6) is -0.352. The van der Waals surface area contributed by atoms with Gasteiger partial charge in [-0.2, -0.15) is 4.72 Å². The molecule has 8 nitrogen and oxygen atoms in total. The molecule has 0 bridgehead atoms. The Bertz CT molecular complexity index is 1240. The van der Waals surface area contributed by atoms with Crippen LogP contribution in [0.4, 0.5) is 0 Å². The first kappa shape index (κ1) is 28.0. The van der Waals surface area contributed by atoms with Gasteiger partial charge in [-0.25, -0.2) is 8.42 Å². The highest BCUT2D eigenvalue weighted by Gasteiger charge is 2.36. The van der Waals surface area contributed by atoms with E-state index in [1.165, 1.54) is 41.9 Å². The number of sulfonamides is 1. The lowest BCUT2D eigenvalue weighted by atomic mass is 10.1. The van der Waals surface area contributed by atoms with Gasteiger partial charge in [0.15, 0.2) is 0 Å². The molecular formula is C26H35ClN4O4S3. The molecular weight excluding hydrogens is 564 g/mol. The van der Waals surface area contributed by atoms with E-state index in [2.05, 4.69) is 9.62 Å². The molecule has 0 saturated carbocycles. The number of rotatable bonds is 8. The van der Waals surface area contributed by atoms with E-state index in [0.717, 1.165) is 60.1 Å². The first-order valence-electron chi connectivity index (χ1n) is 13.5. The highest BCUT2D eigenvalue weighted by atomic mass is 35.5. The normalized spacial score (nSPS) is 23.7. The van der Waals surface area contributed by atoms with Gasteiger partial charge >= 0.3 is 0 Å². The molecule has 2 atom stereocenters. The molecule has 0 aromatic carbocycles. The molecule has 5 rings (SSSR count). The lowest BCUT2D eigenvalue weighted by molar-refractivity contribution is -0.143. The predicted molar refractivity (Wildman–Crippen MR) is 152 cm³/mol. The number of hydrogen-bond donors (Lipinski definition) is 1. The maximum Gasteiger partial charge on any atom is 0.250 e. The summed E-state index contributed by atoms with van der Waals surface area (Å²) in [4.78, 5) is 34.2. The lowest BCUT2D eigenvalue weighted by Gasteiger charge is -2.35. The summed E-state index contributed by atoms with van der Waals surface area (Å²) in [5, 5.41) is 0. The van der Waals surface area contributed by atoms with Crippen molar-refractivity contribution in [2.24, 2.45) is 0 Å². The molecule has 12 heteroatoms. The number of hydrogen-bond acceptors (Lipinski definition) is 7. The summed E-state index contributed by atoms with van der Waals surface area (Å²) < 4.78 is 29.6. The van der Waals surface area contributed by atoms with Crippen molar-refractivity contribution in [2.45, 2.75) is 67.7 Å². The second-order valence-corrected chi connectivity index (χ2v) is 15.1. The summed E-state index contributed by atoms with van der Waals surface area (Å²) in [7, 11) is -3.88. The topological polar surface area (TPSA) is 90.0 Å². The van der Waals surface area contributed by atoms with E-state index in [1.54, 1.807) is 18.2 Å². The first-order valence-corrected chi connectivity index (χ1v) is 17.0. The number of likely N-dealkylation sites (tertiary alicyclic amines) is 3. The summed E-state index contributed by atoms with van der Waals surface area (Å²) in [6.07, 6.45) is 8.05. The van der Waals surface area contributed by atoms with Crippen molar-refractivity contribution in [2.75, 3.05) is 39.3 Å². The molecule has 3 fully saturated rings. The van der Waals surface area contributed by atoms with Gasteiger partial charge in [0.25, 0.3) is 10.0 Å². The highest BCUT2D eigenvalue weighted by Crippen LogP contribution is 2.37. The third kappa shape index (κ3) is 6.62. The Kier molecular flexibility index (Phi) is 9.11. The van der Waals surface area contributed by atoms with Crippen LogP contribution in [0.1, 0.15) is 51.4 Å². The summed E-state index contributed by atoms with van der Waals surface area (Å²) in [5.41, 5.74) is 0. The average molecular weight is 599 g/mol. The van der Waals surface area contributed by atoms with Crippen LogP contribution >= 0.6 is 34.3 Å². The molecule has 0 spiro atoms. The van der Waals surface area contributed by atoms with Crippen LogP contribution in [0.25, 0.3) is 9.75 Å². The summed E-state index contributed by atoms with van der Waals surface area (Å²) >= 11 is 8.56. The fourth-order valence-electron chi connectivity index (χ4n) is 5.72. The largest absolute Gasteiger partial charge is 0.337 e. The molecule has 0 unspecified atom stereocenters. The summed E-state index contributed by atoms with van der Waals surface area (Å²) in [6, 6.07) is 6.29. The van der Waals surface area contributed by atoms with Crippen LogP contribution in [0.3, 0.4) is 0 Å². The number of carbonyl (C=O) groups excluding carboxylic acids is 2. The fourth-order valence-corrected chi connectivity index (χ4v) is 9.40. The molecule has 1 N–H and O–H groups in total. The zero-order valence-corrected chi connectivity index (χ0v) is 24.6. The highest BCUT2D eigenvalue weighted by molar-refractivity contribution is 7.91. The zero-order valence-electron chi connectivity index (χ0n) is 21.4. The minimum Gasteiger partial charge on any atom is -0.337 e. The van der Waals surface area contributed by atoms with E-state index in [1.807, 2.05) is 11.0 Å². The molecule has 3 aliphatic rings. The van der Waals surface area contributed by atoms with Gasteiger partial charge in [0.2, 0.25) is 11.8 Å². The molecule has 2 aromatic rings. The van der Waals surface area contributed by atoms with Gasteiger partial charge in [-0.1, -0.05) is 24.4 Å². The monoisotopic (exact) mass is 598 g/mol. The fraction of sp³-hybridized carbons (Fsp3) is 0.615. The van der Waals surface area contributed by atoms with Crippen molar-refractivity contribution in [3.8, 4) is 9.75 Å². The van der Waals surface area contributed by atoms with E-state index in [9.17, 15) is 18.0 Å². The zero-order chi connectivity index (χ0) is 26.7. The van der Waals surface area contributed by atoms with Crippen LogP contribution < -0.4 is 4.72 Å². The van der Waals surface area contributed by atoms with Gasteiger partial charge in [-0.15, -0.1) is 22.7 Å². The Labute approximate surface area is 238 Å². The number of amides is 2. The first-order chi connectivity index (χ1) is 18.3. The van der Waals surface area contributed by atoms with Gasteiger partial charge in [-0.3, -0.25) is 9.59 Å². The standard InChI is InChI=1S/C26H35ClN4O4S3/c27-23-11-9-21(36-23)22-10-12-25(37-22)38(34,35)28-20-8-6-15-30(26(20)33)18-24(32)31-16-5-7-19(31)17-29-13-3-1-2-4-14-29/h9-12,19-20,28H,1-8,13-18H2/t19-,20-/m0/s1. The Morgan fingerprint density at radius 3 is 2.37 bits per heavy atom. The number of thiophene rings is 2. The van der Waals surface area contributed by atoms with E-state index < -0.39 is 16.1 Å².